The van der Waals surface area contributed by atoms with Crippen molar-refractivity contribution in [3.05, 3.63) is 61.3 Å². The SMILES string of the molecule is C=C/C=C\CC[C@@H](C)[C@H](O)CC[C@H](C)CC[C@@H](O)[C@@H](C)/C=C\CC[C@H](O)C/C=C/C=C\C(=O)O. The molecule has 0 saturated carbocycles. The Morgan fingerprint density at radius 3 is 2.09 bits per heavy atom. The zero-order valence-corrected chi connectivity index (χ0v) is 21.4. The Bertz CT molecular complexity index is 649. The minimum absolute atomic E-state index is 0.0552. The predicted octanol–water partition coefficient (Wildman–Crippen LogP) is 5.98. The normalized spacial score (nSPS) is 17.9. The molecule has 194 valence electrons. The van der Waals surface area contributed by atoms with E-state index in [0.29, 0.717) is 18.8 Å². The van der Waals surface area contributed by atoms with Crippen molar-refractivity contribution >= 4 is 5.97 Å². The molecule has 0 aliphatic carbocycles. The summed E-state index contributed by atoms with van der Waals surface area (Å²) in [4.78, 5) is 10.4. The first kappa shape index (κ1) is 32.0. The molecule has 0 aromatic heterocycles. The van der Waals surface area contributed by atoms with Crippen LogP contribution in [0.2, 0.25) is 0 Å². The highest BCUT2D eigenvalue weighted by Crippen LogP contribution is 2.22. The molecule has 0 fully saturated rings. The second kappa shape index (κ2) is 20.4. The van der Waals surface area contributed by atoms with Crippen LogP contribution in [0.3, 0.4) is 0 Å². The molecule has 0 saturated heterocycles. The number of hydrogen-bond donors (Lipinski definition) is 4. The fourth-order valence-corrected chi connectivity index (χ4v) is 3.64. The molecule has 6 atom stereocenters. The second-order valence-electron chi connectivity index (χ2n) is 9.49. The van der Waals surface area contributed by atoms with E-state index in [2.05, 4.69) is 26.5 Å². The largest absolute Gasteiger partial charge is 0.478 e. The van der Waals surface area contributed by atoms with Gasteiger partial charge in [0.2, 0.25) is 0 Å². The van der Waals surface area contributed by atoms with Crippen molar-refractivity contribution in [2.75, 3.05) is 0 Å². The summed E-state index contributed by atoms with van der Waals surface area (Å²) in [5.41, 5.74) is 0. The van der Waals surface area contributed by atoms with Crippen LogP contribution in [0.5, 0.6) is 0 Å². The standard InChI is InChI=1S/C29H48O5/c1-5-6-7-9-14-24(3)27(31)21-19-23(2)20-22-28(32)25(4)15-12-13-17-26(30)16-10-8-11-18-29(33)34/h5-8,10-12,15,18,23-28,30-32H,1,9,13-14,16-17,19-22H2,2-4H3,(H,33,34)/b7-6-,10-8+,15-12-,18-11-/t23-,24+,25-,26+,27+,28+/m0/s1. The fraction of sp³-hybridized carbons (Fsp3) is 0.621. The zero-order valence-electron chi connectivity index (χ0n) is 21.4. The molecule has 0 bridgehead atoms. The molecule has 0 heterocycles. The third-order valence-electron chi connectivity index (χ3n) is 6.24. The molecule has 5 heteroatoms. The van der Waals surface area contributed by atoms with Crippen LogP contribution >= 0.6 is 0 Å². The molecule has 0 spiro atoms. The van der Waals surface area contributed by atoms with Crippen LogP contribution in [0, 0.1) is 17.8 Å². The van der Waals surface area contributed by atoms with Crippen LogP contribution in [0.4, 0.5) is 0 Å². The van der Waals surface area contributed by atoms with Crippen molar-refractivity contribution in [1.29, 1.82) is 0 Å². The molecule has 0 rings (SSSR count). The first-order valence-corrected chi connectivity index (χ1v) is 12.7. The maximum Gasteiger partial charge on any atom is 0.328 e. The van der Waals surface area contributed by atoms with Crippen molar-refractivity contribution in [2.24, 2.45) is 17.8 Å². The highest BCUT2D eigenvalue weighted by Gasteiger charge is 2.17. The van der Waals surface area contributed by atoms with E-state index >= 15 is 0 Å². The Morgan fingerprint density at radius 2 is 1.44 bits per heavy atom. The second-order valence-corrected chi connectivity index (χ2v) is 9.49. The summed E-state index contributed by atoms with van der Waals surface area (Å²) in [6, 6.07) is 0. The van der Waals surface area contributed by atoms with Gasteiger partial charge in [-0.05, 0) is 75.5 Å². The van der Waals surface area contributed by atoms with Gasteiger partial charge in [-0.15, -0.1) is 0 Å². The molecule has 0 aliphatic rings. The van der Waals surface area contributed by atoms with E-state index in [0.717, 1.165) is 51.0 Å². The molecule has 4 N–H and O–H groups in total. The van der Waals surface area contributed by atoms with Crippen molar-refractivity contribution < 1.29 is 25.2 Å². The van der Waals surface area contributed by atoms with Crippen LogP contribution in [0.1, 0.15) is 78.6 Å². The Labute approximate surface area is 207 Å². The van der Waals surface area contributed by atoms with Gasteiger partial charge < -0.3 is 20.4 Å². The third-order valence-corrected chi connectivity index (χ3v) is 6.24. The Morgan fingerprint density at radius 1 is 0.794 bits per heavy atom. The van der Waals surface area contributed by atoms with Crippen molar-refractivity contribution in [1.82, 2.24) is 0 Å². The lowest BCUT2D eigenvalue weighted by Crippen LogP contribution is -2.19. The van der Waals surface area contributed by atoms with E-state index in [4.69, 9.17) is 5.11 Å². The Kier molecular flexibility index (Phi) is 19.3. The molecule has 0 aromatic rings. The van der Waals surface area contributed by atoms with Gasteiger partial charge in [0.1, 0.15) is 0 Å². The van der Waals surface area contributed by atoms with Gasteiger partial charge in [0, 0.05) is 6.08 Å². The van der Waals surface area contributed by atoms with Gasteiger partial charge in [-0.1, -0.05) is 76.0 Å². The predicted molar refractivity (Wildman–Crippen MR) is 141 cm³/mol. The van der Waals surface area contributed by atoms with Crippen molar-refractivity contribution in [3.8, 4) is 0 Å². The third kappa shape index (κ3) is 18.5. The van der Waals surface area contributed by atoms with Crippen molar-refractivity contribution in [2.45, 2.75) is 96.9 Å². The summed E-state index contributed by atoms with van der Waals surface area (Å²) in [6.45, 7) is 9.95. The molecule has 0 aliphatic heterocycles. The molecule has 0 radical (unpaired) electrons. The van der Waals surface area contributed by atoms with Gasteiger partial charge in [0.25, 0.3) is 0 Å². The smallest absolute Gasteiger partial charge is 0.328 e. The lowest BCUT2D eigenvalue weighted by Gasteiger charge is -2.21. The highest BCUT2D eigenvalue weighted by atomic mass is 16.4. The quantitative estimate of drug-likeness (QED) is 0.0984. The summed E-state index contributed by atoms with van der Waals surface area (Å²) in [5.74, 6) is -0.198. The first-order valence-electron chi connectivity index (χ1n) is 12.7. The van der Waals surface area contributed by atoms with E-state index in [1.54, 1.807) is 18.2 Å². The van der Waals surface area contributed by atoms with E-state index in [-0.39, 0.29) is 17.9 Å². The topological polar surface area (TPSA) is 98.0 Å². The molecule has 0 unspecified atom stereocenters. The number of carboxylic acid groups (broad SMARTS) is 1. The number of rotatable bonds is 20. The van der Waals surface area contributed by atoms with Crippen LogP contribution in [-0.4, -0.2) is 44.7 Å². The summed E-state index contributed by atoms with van der Waals surface area (Å²) in [5, 5.41) is 39.3. The molecule has 34 heavy (non-hydrogen) atoms. The maximum absolute atomic E-state index is 10.5. The molecule has 0 amide bonds. The number of carbonyl (C=O) groups is 1. The van der Waals surface area contributed by atoms with E-state index in [1.165, 1.54) is 6.08 Å². The van der Waals surface area contributed by atoms with Gasteiger partial charge in [0.15, 0.2) is 0 Å². The number of carboxylic acids is 1. The minimum Gasteiger partial charge on any atom is -0.478 e. The van der Waals surface area contributed by atoms with Crippen LogP contribution in [0.15, 0.2) is 61.3 Å². The molecular formula is C29H48O5. The number of hydrogen-bond acceptors (Lipinski definition) is 4. The number of allylic oxidation sites excluding steroid dienone is 6. The van der Waals surface area contributed by atoms with E-state index in [1.807, 2.05) is 25.2 Å². The average Bonchev–Trinajstić information content (AvgIpc) is 2.80. The monoisotopic (exact) mass is 476 g/mol. The van der Waals surface area contributed by atoms with E-state index in [9.17, 15) is 20.1 Å². The lowest BCUT2D eigenvalue weighted by molar-refractivity contribution is -0.131. The Hall–Kier alpha value is -1.95. The summed E-state index contributed by atoms with van der Waals surface area (Å²) < 4.78 is 0. The van der Waals surface area contributed by atoms with Crippen molar-refractivity contribution in [3.63, 3.8) is 0 Å². The summed E-state index contributed by atoms with van der Waals surface area (Å²) in [6.07, 6.45) is 21.7. The zero-order chi connectivity index (χ0) is 25.8. The highest BCUT2D eigenvalue weighted by molar-refractivity contribution is 5.80. The maximum atomic E-state index is 10.5. The van der Waals surface area contributed by atoms with Gasteiger partial charge in [-0.25, -0.2) is 4.79 Å². The molecule has 5 nitrogen and oxygen atoms in total. The molecular weight excluding hydrogens is 428 g/mol. The minimum atomic E-state index is -0.992. The van der Waals surface area contributed by atoms with E-state index < -0.39 is 18.2 Å². The first-order chi connectivity index (χ1) is 16.2. The van der Waals surface area contributed by atoms with Crippen LogP contribution in [0.25, 0.3) is 0 Å². The Balaban J connectivity index is 4.06. The fourth-order valence-electron chi connectivity index (χ4n) is 3.64. The van der Waals surface area contributed by atoms with Gasteiger partial charge in [-0.2, -0.15) is 0 Å². The average molecular weight is 477 g/mol. The van der Waals surface area contributed by atoms with Gasteiger partial charge in [0.05, 0.1) is 18.3 Å². The van der Waals surface area contributed by atoms with Gasteiger partial charge in [-0.3, -0.25) is 0 Å². The lowest BCUT2D eigenvalue weighted by atomic mass is 9.89. The number of aliphatic hydroxyl groups excluding tert-OH is 3. The molecule has 0 aromatic carbocycles. The van der Waals surface area contributed by atoms with Crippen LogP contribution < -0.4 is 0 Å². The summed E-state index contributed by atoms with van der Waals surface area (Å²) in [7, 11) is 0. The summed E-state index contributed by atoms with van der Waals surface area (Å²) >= 11 is 0. The van der Waals surface area contributed by atoms with Gasteiger partial charge >= 0.3 is 5.97 Å². The van der Waals surface area contributed by atoms with Crippen LogP contribution in [-0.2, 0) is 4.79 Å². The number of aliphatic hydroxyl groups is 3. The number of aliphatic carboxylic acids is 1.